The van der Waals surface area contributed by atoms with Gasteiger partial charge in [-0.15, -0.1) is 5.10 Å². The van der Waals surface area contributed by atoms with Crippen molar-refractivity contribution in [3.8, 4) is 0 Å². The molecule has 0 bridgehead atoms. The van der Waals surface area contributed by atoms with E-state index in [-0.39, 0.29) is 17.6 Å². The van der Waals surface area contributed by atoms with Gasteiger partial charge in [-0.25, -0.2) is 9.48 Å². The van der Waals surface area contributed by atoms with Gasteiger partial charge in [0.25, 0.3) is 0 Å². The predicted molar refractivity (Wildman–Crippen MR) is 78.0 cm³/mol. The number of hydrogen-bond donors (Lipinski definition) is 1. The average Bonchev–Trinajstić information content (AvgIpc) is 2.97. The van der Waals surface area contributed by atoms with Gasteiger partial charge in [0, 0.05) is 18.6 Å². The van der Waals surface area contributed by atoms with Crippen LogP contribution in [0.5, 0.6) is 0 Å². The van der Waals surface area contributed by atoms with Crippen LogP contribution < -0.4 is 5.32 Å². The molecule has 0 aliphatic carbocycles. The lowest BCUT2D eigenvalue weighted by Crippen LogP contribution is -2.57. The van der Waals surface area contributed by atoms with Gasteiger partial charge in [0.15, 0.2) is 0 Å². The topological polar surface area (TPSA) is 93.8 Å². The third kappa shape index (κ3) is 3.23. The van der Waals surface area contributed by atoms with Gasteiger partial charge in [0.2, 0.25) is 0 Å². The van der Waals surface area contributed by atoms with Crippen molar-refractivity contribution in [3.05, 3.63) is 24.3 Å². The molecule has 1 aliphatic heterocycles. The van der Waals surface area contributed by atoms with Crippen molar-refractivity contribution in [1.82, 2.24) is 40.2 Å². The molecule has 9 nitrogen and oxygen atoms in total. The van der Waals surface area contributed by atoms with Crippen LogP contribution in [0.1, 0.15) is 32.5 Å². The van der Waals surface area contributed by atoms with Crippen LogP contribution in [0.15, 0.2) is 18.6 Å². The number of carbonyl (C=O) groups excluding carboxylic acids is 1. The highest BCUT2D eigenvalue weighted by atomic mass is 16.2. The summed E-state index contributed by atoms with van der Waals surface area (Å²) in [6, 6.07) is 0.141. The lowest BCUT2D eigenvalue weighted by atomic mass is 10.1. The number of aromatic nitrogens is 6. The van der Waals surface area contributed by atoms with Crippen LogP contribution in [0.4, 0.5) is 4.79 Å². The largest absolute Gasteiger partial charge is 0.333 e. The van der Waals surface area contributed by atoms with Crippen molar-refractivity contribution < 1.29 is 4.79 Å². The molecule has 0 saturated carbocycles. The van der Waals surface area contributed by atoms with E-state index >= 15 is 0 Å². The summed E-state index contributed by atoms with van der Waals surface area (Å²) >= 11 is 0. The summed E-state index contributed by atoms with van der Waals surface area (Å²) in [6.07, 6.45) is 5.14. The summed E-state index contributed by atoms with van der Waals surface area (Å²) < 4.78 is 1.81. The van der Waals surface area contributed by atoms with E-state index in [1.807, 2.05) is 27.0 Å². The second-order valence-corrected chi connectivity index (χ2v) is 6.49. The number of amides is 2. The van der Waals surface area contributed by atoms with Crippen molar-refractivity contribution in [1.29, 1.82) is 0 Å². The van der Waals surface area contributed by atoms with Gasteiger partial charge >= 0.3 is 6.03 Å². The van der Waals surface area contributed by atoms with Gasteiger partial charge in [0.1, 0.15) is 12.2 Å². The Morgan fingerprint density at radius 1 is 1.32 bits per heavy atom. The Labute approximate surface area is 128 Å². The summed E-state index contributed by atoms with van der Waals surface area (Å²) in [6.45, 7) is 7.68. The fraction of sp³-hybridized carbons (Fsp3) is 0.615. The van der Waals surface area contributed by atoms with Crippen LogP contribution in [-0.2, 0) is 6.54 Å². The highest BCUT2D eigenvalue weighted by Crippen LogP contribution is 2.20. The lowest BCUT2D eigenvalue weighted by Gasteiger charge is -2.40. The van der Waals surface area contributed by atoms with Crippen molar-refractivity contribution in [2.24, 2.45) is 0 Å². The molecule has 1 fully saturated rings. The minimum atomic E-state index is -0.223. The molecule has 2 aromatic rings. The monoisotopic (exact) mass is 304 g/mol. The molecule has 22 heavy (non-hydrogen) atoms. The van der Waals surface area contributed by atoms with E-state index in [4.69, 9.17) is 0 Å². The molecule has 2 amide bonds. The Balaban J connectivity index is 1.53. The van der Waals surface area contributed by atoms with E-state index in [2.05, 4.69) is 25.8 Å². The predicted octanol–water partition coefficient (Wildman–Crippen LogP) is 0.283. The molecule has 0 radical (unpaired) electrons. The Hall–Kier alpha value is -2.45. The quantitative estimate of drug-likeness (QED) is 0.879. The molecule has 1 aliphatic rings. The minimum Gasteiger partial charge on any atom is -0.333 e. The van der Waals surface area contributed by atoms with E-state index < -0.39 is 0 Å². The van der Waals surface area contributed by atoms with Crippen molar-refractivity contribution >= 4 is 6.03 Å². The maximum atomic E-state index is 12.0. The second kappa shape index (κ2) is 5.39. The van der Waals surface area contributed by atoms with Crippen LogP contribution in [0, 0.1) is 0 Å². The molecule has 2 aromatic heterocycles. The first-order valence-electron chi connectivity index (χ1n) is 7.22. The smallest absolute Gasteiger partial charge is 0.317 e. The van der Waals surface area contributed by atoms with Crippen molar-refractivity contribution in [2.75, 3.05) is 13.1 Å². The van der Waals surface area contributed by atoms with Gasteiger partial charge < -0.3 is 10.2 Å². The van der Waals surface area contributed by atoms with Crippen LogP contribution in [-0.4, -0.2) is 59.5 Å². The number of carbonyl (C=O) groups is 1. The van der Waals surface area contributed by atoms with Crippen LogP contribution in [0.2, 0.25) is 0 Å². The third-order valence-electron chi connectivity index (χ3n) is 3.33. The molecule has 9 heteroatoms. The molecule has 1 N–H and O–H groups in total. The van der Waals surface area contributed by atoms with Crippen LogP contribution >= 0.6 is 0 Å². The molecule has 118 valence electrons. The normalized spacial score (nSPS) is 15.7. The zero-order valence-electron chi connectivity index (χ0n) is 13.0. The minimum absolute atomic E-state index is 0.0372. The van der Waals surface area contributed by atoms with Crippen LogP contribution in [0.3, 0.4) is 0 Å². The first-order chi connectivity index (χ1) is 10.4. The summed E-state index contributed by atoms with van der Waals surface area (Å²) in [5.41, 5.74) is 0.577. The number of nitrogens with one attached hydrogen (secondary N) is 1. The third-order valence-corrected chi connectivity index (χ3v) is 3.33. The zero-order chi connectivity index (χ0) is 15.7. The summed E-state index contributed by atoms with van der Waals surface area (Å²) in [7, 11) is 0. The van der Waals surface area contributed by atoms with E-state index in [0.29, 0.717) is 19.6 Å². The fourth-order valence-corrected chi connectivity index (χ4v) is 2.22. The first-order valence-corrected chi connectivity index (χ1v) is 7.22. The maximum Gasteiger partial charge on any atom is 0.317 e. The number of likely N-dealkylation sites (tertiary alicyclic amines) is 1. The van der Waals surface area contributed by atoms with Gasteiger partial charge in [0.05, 0.1) is 24.6 Å². The van der Waals surface area contributed by atoms with Gasteiger partial charge in [-0.1, -0.05) is 5.21 Å². The number of urea groups is 1. The zero-order valence-corrected chi connectivity index (χ0v) is 13.0. The molecule has 3 rings (SSSR count). The molecule has 0 spiro atoms. The number of nitrogens with zero attached hydrogens (tertiary/aromatic N) is 7. The van der Waals surface area contributed by atoms with E-state index in [1.54, 1.807) is 26.8 Å². The van der Waals surface area contributed by atoms with E-state index in [9.17, 15) is 4.79 Å². The number of rotatable bonds is 3. The highest BCUT2D eigenvalue weighted by Gasteiger charge is 2.34. The molecule has 1 saturated heterocycles. The summed E-state index contributed by atoms with van der Waals surface area (Å²) in [5, 5.41) is 19.3. The van der Waals surface area contributed by atoms with Crippen molar-refractivity contribution in [3.63, 3.8) is 0 Å². The maximum absolute atomic E-state index is 12.0. The molecule has 0 unspecified atom stereocenters. The van der Waals surface area contributed by atoms with Crippen LogP contribution in [0.25, 0.3) is 0 Å². The molecule has 3 heterocycles. The second-order valence-electron chi connectivity index (χ2n) is 6.49. The fourth-order valence-electron chi connectivity index (χ4n) is 2.22. The van der Waals surface area contributed by atoms with E-state index in [1.165, 1.54) is 0 Å². The lowest BCUT2D eigenvalue weighted by molar-refractivity contribution is 0.112. The van der Waals surface area contributed by atoms with E-state index in [0.717, 1.165) is 5.69 Å². The van der Waals surface area contributed by atoms with Gasteiger partial charge in [-0.2, -0.15) is 15.0 Å². The van der Waals surface area contributed by atoms with Gasteiger partial charge in [-0.05, 0) is 20.8 Å². The average molecular weight is 304 g/mol. The van der Waals surface area contributed by atoms with Gasteiger partial charge in [-0.3, -0.25) is 0 Å². The SMILES string of the molecule is CC(C)(C)NC(=O)N1CC(n2cc(Cn3nccn3)nn2)C1. The standard InChI is InChI=1S/C13H20N8O/c1-13(2,3)16-12(22)19-8-11(9-19)20-6-10(17-18-20)7-21-14-4-5-15-21/h4-6,11H,7-9H2,1-3H3,(H,16,22). The summed E-state index contributed by atoms with van der Waals surface area (Å²) in [4.78, 5) is 15.3. The first kappa shape index (κ1) is 14.5. The Bertz CT molecular complexity index is 635. The Morgan fingerprint density at radius 2 is 2.00 bits per heavy atom. The molecular weight excluding hydrogens is 284 g/mol. The van der Waals surface area contributed by atoms with Crippen molar-refractivity contribution in [2.45, 2.75) is 38.9 Å². The molecule has 0 aromatic carbocycles. The summed E-state index contributed by atoms with van der Waals surface area (Å²) in [5.74, 6) is 0. The molecular formula is C13H20N8O. The number of hydrogen-bond acceptors (Lipinski definition) is 5. The Kier molecular flexibility index (Phi) is 3.55. The highest BCUT2D eigenvalue weighted by molar-refractivity contribution is 5.75. The molecule has 0 atom stereocenters. The Morgan fingerprint density at radius 3 is 2.64 bits per heavy atom.